The van der Waals surface area contributed by atoms with Gasteiger partial charge in [0.15, 0.2) is 11.5 Å². The van der Waals surface area contributed by atoms with Gasteiger partial charge >= 0.3 is 0 Å². The van der Waals surface area contributed by atoms with E-state index in [1.54, 1.807) is 13.2 Å². The topological polar surface area (TPSA) is 50.7 Å². The van der Waals surface area contributed by atoms with Gasteiger partial charge in [0, 0.05) is 29.2 Å². The molecule has 1 aliphatic rings. The smallest absolute Gasteiger partial charge is 0.165 e. The molecule has 2 N–H and O–H groups in total. The van der Waals surface area contributed by atoms with E-state index >= 15 is 0 Å². The number of hydrogen-bond donors (Lipinski definition) is 2. The van der Waals surface area contributed by atoms with Crippen LogP contribution in [0.3, 0.4) is 0 Å². The van der Waals surface area contributed by atoms with Crippen LogP contribution in [-0.2, 0) is 6.54 Å². The maximum atomic E-state index is 9.65. The lowest BCUT2D eigenvalue weighted by Crippen LogP contribution is -2.19. The molecule has 1 atom stereocenters. The molecule has 1 unspecified atom stereocenters. The summed E-state index contributed by atoms with van der Waals surface area (Å²) >= 11 is 6.11. The highest BCUT2D eigenvalue weighted by Crippen LogP contribution is 2.35. The lowest BCUT2D eigenvalue weighted by molar-refractivity contribution is 0.102. The van der Waals surface area contributed by atoms with E-state index in [1.165, 1.54) is 12.8 Å². The van der Waals surface area contributed by atoms with Gasteiger partial charge in [-0.25, -0.2) is 0 Å². The maximum Gasteiger partial charge on any atom is 0.165 e. The maximum absolute atomic E-state index is 9.65. The number of nitrogens with one attached hydrogen (secondary N) is 1. The zero-order valence-corrected chi connectivity index (χ0v) is 12.7. The van der Waals surface area contributed by atoms with E-state index in [0.29, 0.717) is 35.5 Å². The summed E-state index contributed by atoms with van der Waals surface area (Å²) in [5.41, 5.74) is 0.963. The first kappa shape index (κ1) is 15.4. The largest absolute Gasteiger partial charge is 0.493 e. The third-order valence-electron chi connectivity index (χ3n) is 3.37. The van der Waals surface area contributed by atoms with Crippen molar-refractivity contribution in [3.63, 3.8) is 0 Å². The van der Waals surface area contributed by atoms with E-state index in [4.69, 9.17) is 21.1 Å². The Morgan fingerprint density at radius 3 is 2.80 bits per heavy atom. The third-order valence-corrected chi connectivity index (χ3v) is 3.58. The first-order valence-corrected chi connectivity index (χ1v) is 7.42. The zero-order valence-electron chi connectivity index (χ0n) is 12.0. The Labute approximate surface area is 125 Å². The lowest BCUT2D eigenvalue weighted by atomic mass is 10.1. The summed E-state index contributed by atoms with van der Waals surface area (Å²) in [6.07, 6.45) is 2.64. The molecule has 0 heterocycles. The van der Waals surface area contributed by atoms with E-state index in [1.807, 2.05) is 13.0 Å². The molecule has 5 heteroatoms. The van der Waals surface area contributed by atoms with Gasteiger partial charge in [-0.15, -0.1) is 0 Å². The molecule has 0 spiro atoms. The molecule has 1 aromatic rings. The first-order valence-electron chi connectivity index (χ1n) is 7.04. The summed E-state index contributed by atoms with van der Waals surface area (Å²) in [7, 11) is 1.59. The molecule has 0 bridgehead atoms. The molecule has 1 aromatic carbocycles. The van der Waals surface area contributed by atoms with Gasteiger partial charge in [-0.1, -0.05) is 18.5 Å². The molecular weight excluding hydrogens is 278 g/mol. The third kappa shape index (κ3) is 4.27. The van der Waals surface area contributed by atoms with E-state index in [9.17, 15) is 5.11 Å². The molecule has 1 aliphatic carbocycles. The highest BCUT2D eigenvalue weighted by Gasteiger charge is 2.22. The number of ether oxygens (including phenoxy) is 2. The fourth-order valence-electron chi connectivity index (χ4n) is 1.91. The van der Waals surface area contributed by atoms with Crippen LogP contribution < -0.4 is 14.8 Å². The summed E-state index contributed by atoms with van der Waals surface area (Å²) in [6.45, 7) is 2.87. The van der Waals surface area contributed by atoms with Crippen molar-refractivity contribution in [1.82, 2.24) is 5.32 Å². The Morgan fingerprint density at radius 2 is 2.20 bits per heavy atom. The van der Waals surface area contributed by atoms with Gasteiger partial charge in [0.25, 0.3) is 0 Å². The molecule has 0 saturated heterocycles. The standard InChI is InChI=1S/C15H22ClNO3/c1-3-13(18)9-20-15-10(8-17-12-4-5-12)6-11(16)7-14(15)19-2/h6-7,12-13,17-18H,3-5,8-9H2,1-2H3. The minimum absolute atomic E-state index is 0.255. The molecule has 1 fully saturated rings. The number of aliphatic hydroxyl groups is 1. The van der Waals surface area contributed by atoms with Gasteiger partial charge in [-0.2, -0.15) is 0 Å². The molecule has 4 nitrogen and oxygen atoms in total. The van der Waals surface area contributed by atoms with Crippen LogP contribution in [0.2, 0.25) is 5.02 Å². The van der Waals surface area contributed by atoms with Crippen LogP contribution in [-0.4, -0.2) is 31.0 Å². The monoisotopic (exact) mass is 299 g/mol. The van der Waals surface area contributed by atoms with Gasteiger partial charge in [0.05, 0.1) is 13.2 Å². The van der Waals surface area contributed by atoms with Crippen molar-refractivity contribution in [2.45, 2.75) is 44.9 Å². The Balaban J connectivity index is 2.14. The molecule has 0 radical (unpaired) electrons. The molecule has 0 aromatic heterocycles. The minimum atomic E-state index is -0.473. The number of benzene rings is 1. The summed E-state index contributed by atoms with van der Waals surface area (Å²) in [4.78, 5) is 0. The highest BCUT2D eigenvalue weighted by molar-refractivity contribution is 6.30. The van der Waals surface area contributed by atoms with Crippen LogP contribution in [0.4, 0.5) is 0 Å². The summed E-state index contributed by atoms with van der Waals surface area (Å²) in [5, 5.41) is 13.7. The number of halogens is 1. The predicted octanol–water partition coefficient (Wildman–Crippen LogP) is 2.75. The average Bonchev–Trinajstić information content (AvgIpc) is 3.26. The van der Waals surface area contributed by atoms with Crippen LogP contribution in [0.15, 0.2) is 12.1 Å². The Bertz CT molecular complexity index is 449. The van der Waals surface area contributed by atoms with E-state index in [-0.39, 0.29) is 6.61 Å². The molecular formula is C15H22ClNO3. The average molecular weight is 300 g/mol. The van der Waals surface area contributed by atoms with Crippen LogP contribution in [0, 0.1) is 0 Å². The zero-order chi connectivity index (χ0) is 14.5. The van der Waals surface area contributed by atoms with Crippen molar-refractivity contribution >= 4 is 11.6 Å². The van der Waals surface area contributed by atoms with Gasteiger partial charge in [0.1, 0.15) is 6.61 Å². The van der Waals surface area contributed by atoms with Gasteiger partial charge in [-0.3, -0.25) is 0 Å². The lowest BCUT2D eigenvalue weighted by Gasteiger charge is -2.17. The van der Waals surface area contributed by atoms with Crippen molar-refractivity contribution in [2.24, 2.45) is 0 Å². The minimum Gasteiger partial charge on any atom is -0.493 e. The normalized spacial score (nSPS) is 16.0. The number of aliphatic hydroxyl groups excluding tert-OH is 1. The van der Waals surface area contributed by atoms with Gasteiger partial charge < -0.3 is 19.9 Å². The van der Waals surface area contributed by atoms with E-state index in [2.05, 4.69) is 5.32 Å². The first-order chi connectivity index (χ1) is 9.63. The predicted molar refractivity (Wildman–Crippen MR) is 79.7 cm³/mol. The highest BCUT2D eigenvalue weighted by atomic mass is 35.5. The Morgan fingerprint density at radius 1 is 1.45 bits per heavy atom. The fraction of sp³-hybridized carbons (Fsp3) is 0.600. The van der Waals surface area contributed by atoms with Crippen LogP contribution in [0.25, 0.3) is 0 Å². The quantitative estimate of drug-likeness (QED) is 0.775. The SMILES string of the molecule is CCC(O)COc1c(CNC2CC2)cc(Cl)cc1OC. The molecule has 1 saturated carbocycles. The molecule has 112 valence electrons. The van der Waals surface area contributed by atoms with Crippen molar-refractivity contribution in [3.05, 3.63) is 22.7 Å². The second-order valence-electron chi connectivity index (χ2n) is 5.12. The molecule has 0 aliphatic heterocycles. The van der Waals surface area contributed by atoms with Crippen molar-refractivity contribution < 1.29 is 14.6 Å². The summed E-state index contributed by atoms with van der Waals surface area (Å²) in [5.74, 6) is 1.27. The van der Waals surface area contributed by atoms with Crippen LogP contribution >= 0.6 is 11.6 Å². The van der Waals surface area contributed by atoms with E-state index < -0.39 is 6.10 Å². The molecule has 20 heavy (non-hydrogen) atoms. The number of rotatable bonds is 8. The van der Waals surface area contributed by atoms with Gasteiger partial charge in [0.2, 0.25) is 0 Å². The Hall–Kier alpha value is -0.970. The van der Waals surface area contributed by atoms with Gasteiger partial charge in [-0.05, 0) is 25.3 Å². The molecule has 2 rings (SSSR count). The number of methoxy groups -OCH3 is 1. The summed E-state index contributed by atoms with van der Waals surface area (Å²) in [6, 6.07) is 4.22. The molecule has 0 amide bonds. The summed E-state index contributed by atoms with van der Waals surface area (Å²) < 4.78 is 11.1. The van der Waals surface area contributed by atoms with Crippen LogP contribution in [0.1, 0.15) is 31.7 Å². The van der Waals surface area contributed by atoms with Crippen molar-refractivity contribution in [3.8, 4) is 11.5 Å². The Kier molecular flexibility index (Phi) is 5.52. The van der Waals surface area contributed by atoms with E-state index in [0.717, 1.165) is 5.56 Å². The van der Waals surface area contributed by atoms with Crippen molar-refractivity contribution in [1.29, 1.82) is 0 Å². The second kappa shape index (κ2) is 7.16. The van der Waals surface area contributed by atoms with Crippen molar-refractivity contribution in [2.75, 3.05) is 13.7 Å². The van der Waals surface area contributed by atoms with Crippen LogP contribution in [0.5, 0.6) is 11.5 Å². The fourth-order valence-corrected chi connectivity index (χ4v) is 2.14. The second-order valence-corrected chi connectivity index (χ2v) is 5.56. The number of hydrogen-bond acceptors (Lipinski definition) is 4.